The van der Waals surface area contributed by atoms with Crippen LogP contribution < -0.4 is 10.6 Å². The number of carbonyl (C=O) groups excluding carboxylic acids is 1. The normalized spacial score (nSPS) is 28.3. The van der Waals surface area contributed by atoms with E-state index in [4.69, 9.17) is 0 Å². The lowest BCUT2D eigenvalue weighted by Crippen LogP contribution is -2.60. The van der Waals surface area contributed by atoms with Crippen molar-refractivity contribution in [2.24, 2.45) is 5.41 Å². The molecule has 0 bridgehead atoms. The number of hydrogen-bond donors (Lipinski definition) is 2. The van der Waals surface area contributed by atoms with E-state index in [1.165, 1.54) is 6.42 Å². The molecule has 2 N–H and O–H groups in total. The number of nitrogens with one attached hydrogen (secondary N) is 2. The molecule has 1 aliphatic heterocycles. The minimum atomic E-state index is -0.394. The predicted molar refractivity (Wildman–Crippen MR) is 78.1 cm³/mol. The number of rotatable bonds is 3. The van der Waals surface area contributed by atoms with Gasteiger partial charge in [-0.25, -0.2) is 0 Å². The Bertz CT molecular complexity index is 332. The van der Waals surface area contributed by atoms with Gasteiger partial charge >= 0.3 is 0 Å². The van der Waals surface area contributed by atoms with Gasteiger partial charge in [0.05, 0.1) is 5.54 Å². The average molecular weight is 267 g/mol. The molecule has 19 heavy (non-hydrogen) atoms. The summed E-state index contributed by atoms with van der Waals surface area (Å²) in [6.45, 7) is 12.6. The highest BCUT2D eigenvalue weighted by Crippen LogP contribution is 2.37. The number of piperazine rings is 1. The molecule has 0 aromatic carbocycles. The summed E-state index contributed by atoms with van der Waals surface area (Å²) < 4.78 is 0. The fraction of sp³-hybridized carbons (Fsp3) is 0.933. The first-order chi connectivity index (χ1) is 8.81. The van der Waals surface area contributed by atoms with E-state index in [1.807, 2.05) is 13.8 Å². The number of amides is 1. The fourth-order valence-electron chi connectivity index (χ4n) is 3.29. The van der Waals surface area contributed by atoms with E-state index >= 15 is 0 Å². The summed E-state index contributed by atoms with van der Waals surface area (Å²) in [5.74, 6) is 0.192. The highest BCUT2D eigenvalue weighted by atomic mass is 16.2. The van der Waals surface area contributed by atoms with Crippen LogP contribution in [0.15, 0.2) is 0 Å². The van der Waals surface area contributed by atoms with Crippen LogP contribution in [0.5, 0.6) is 0 Å². The summed E-state index contributed by atoms with van der Waals surface area (Å²) in [6, 6.07) is 0.365. The highest BCUT2D eigenvalue weighted by Gasteiger charge is 2.38. The molecule has 2 fully saturated rings. The van der Waals surface area contributed by atoms with Crippen LogP contribution in [0.25, 0.3) is 0 Å². The molecule has 110 valence electrons. The summed E-state index contributed by atoms with van der Waals surface area (Å²) in [5.41, 5.74) is -0.00797. The second-order valence-electron chi connectivity index (χ2n) is 7.37. The van der Waals surface area contributed by atoms with Gasteiger partial charge < -0.3 is 10.6 Å². The van der Waals surface area contributed by atoms with E-state index in [1.54, 1.807) is 0 Å². The topological polar surface area (TPSA) is 44.4 Å². The minimum Gasteiger partial charge on any atom is -0.352 e. The Morgan fingerprint density at radius 3 is 2.47 bits per heavy atom. The van der Waals surface area contributed by atoms with Crippen LogP contribution in [0, 0.1) is 5.41 Å². The average Bonchev–Trinajstić information content (AvgIpc) is 2.69. The lowest BCUT2D eigenvalue weighted by Gasteiger charge is -2.40. The van der Waals surface area contributed by atoms with Crippen LogP contribution in [-0.4, -0.2) is 48.6 Å². The maximum Gasteiger partial charge on any atom is 0.240 e. The summed E-state index contributed by atoms with van der Waals surface area (Å²) in [7, 11) is 0. The maximum atomic E-state index is 12.6. The van der Waals surface area contributed by atoms with Gasteiger partial charge in [-0.1, -0.05) is 13.8 Å². The van der Waals surface area contributed by atoms with Crippen molar-refractivity contribution < 1.29 is 4.79 Å². The van der Waals surface area contributed by atoms with Crippen LogP contribution in [0.2, 0.25) is 0 Å². The lowest BCUT2D eigenvalue weighted by atomic mass is 9.91. The first-order valence-corrected chi connectivity index (χ1v) is 7.58. The Morgan fingerprint density at radius 2 is 1.95 bits per heavy atom. The lowest BCUT2D eigenvalue weighted by molar-refractivity contribution is -0.132. The molecule has 1 heterocycles. The number of nitrogens with zero attached hydrogens (tertiary/aromatic N) is 1. The van der Waals surface area contributed by atoms with E-state index < -0.39 is 5.54 Å². The molecule has 4 nitrogen and oxygen atoms in total. The van der Waals surface area contributed by atoms with E-state index in [9.17, 15) is 4.79 Å². The second kappa shape index (κ2) is 5.41. The monoisotopic (exact) mass is 267 g/mol. The molecular weight excluding hydrogens is 238 g/mol. The van der Waals surface area contributed by atoms with Gasteiger partial charge in [-0.3, -0.25) is 9.69 Å². The third kappa shape index (κ3) is 3.48. The van der Waals surface area contributed by atoms with Gasteiger partial charge in [0.1, 0.15) is 0 Å². The van der Waals surface area contributed by atoms with E-state index in [-0.39, 0.29) is 5.91 Å². The Morgan fingerprint density at radius 1 is 1.32 bits per heavy atom. The molecule has 0 aromatic heterocycles. The Kier molecular flexibility index (Phi) is 4.21. The van der Waals surface area contributed by atoms with Crippen molar-refractivity contribution in [1.29, 1.82) is 0 Å². The minimum absolute atomic E-state index is 0.192. The molecule has 0 spiro atoms. The van der Waals surface area contributed by atoms with E-state index in [0.29, 0.717) is 11.5 Å². The summed E-state index contributed by atoms with van der Waals surface area (Å²) >= 11 is 0. The molecule has 2 aliphatic rings. The van der Waals surface area contributed by atoms with Crippen molar-refractivity contribution in [2.75, 3.05) is 26.2 Å². The van der Waals surface area contributed by atoms with Crippen LogP contribution in [0.3, 0.4) is 0 Å². The summed E-state index contributed by atoms with van der Waals surface area (Å²) in [6.07, 6.45) is 3.44. The van der Waals surface area contributed by atoms with E-state index in [2.05, 4.69) is 29.4 Å². The molecular formula is C15H29N3O. The van der Waals surface area contributed by atoms with Gasteiger partial charge in [-0.05, 0) is 38.5 Å². The van der Waals surface area contributed by atoms with Crippen molar-refractivity contribution in [1.82, 2.24) is 15.5 Å². The molecule has 1 unspecified atom stereocenters. The zero-order valence-electron chi connectivity index (χ0n) is 12.9. The molecule has 1 saturated heterocycles. The van der Waals surface area contributed by atoms with Crippen molar-refractivity contribution in [3.05, 3.63) is 0 Å². The van der Waals surface area contributed by atoms with Crippen LogP contribution in [0.4, 0.5) is 0 Å². The SMILES string of the molecule is CC1(C)CCC(NC(=O)C(C)(C)N2CCNCC2)C1. The zero-order valence-corrected chi connectivity index (χ0v) is 12.9. The largest absolute Gasteiger partial charge is 0.352 e. The zero-order chi connectivity index (χ0) is 14.1. The standard InChI is InChI=1S/C15H29N3O/c1-14(2)6-5-12(11-14)17-13(19)15(3,4)18-9-7-16-8-10-18/h12,16H,5-11H2,1-4H3,(H,17,19). The Hall–Kier alpha value is -0.610. The quantitative estimate of drug-likeness (QED) is 0.811. The van der Waals surface area contributed by atoms with Crippen molar-refractivity contribution in [3.63, 3.8) is 0 Å². The van der Waals surface area contributed by atoms with Gasteiger partial charge in [0.2, 0.25) is 5.91 Å². The summed E-state index contributed by atoms with van der Waals surface area (Å²) in [4.78, 5) is 14.8. The third-order valence-corrected chi connectivity index (χ3v) is 4.77. The molecule has 1 saturated carbocycles. The number of hydrogen-bond acceptors (Lipinski definition) is 3. The number of carbonyl (C=O) groups is 1. The van der Waals surface area contributed by atoms with Crippen LogP contribution in [-0.2, 0) is 4.79 Å². The van der Waals surface area contributed by atoms with Gasteiger partial charge in [0.25, 0.3) is 0 Å². The second-order valence-corrected chi connectivity index (χ2v) is 7.37. The molecule has 1 aliphatic carbocycles. The molecule has 1 amide bonds. The first kappa shape index (κ1) is 14.8. The molecule has 1 atom stereocenters. The van der Waals surface area contributed by atoms with Crippen LogP contribution in [0.1, 0.15) is 47.0 Å². The maximum absolute atomic E-state index is 12.6. The van der Waals surface area contributed by atoms with E-state index in [0.717, 1.165) is 39.0 Å². The van der Waals surface area contributed by atoms with Crippen LogP contribution >= 0.6 is 0 Å². The van der Waals surface area contributed by atoms with Gasteiger partial charge in [-0.15, -0.1) is 0 Å². The Labute approximate surface area is 117 Å². The molecule has 2 rings (SSSR count). The smallest absolute Gasteiger partial charge is 0.240 e. The predicted octanol–water partition coefficient (Wildman–Crippen LogP) is 1.37. The molecule has 0 aromatic rings. The molecule has 4 heteroatoms. The molecule has 0 radical (unpaired) electrons. The van der Waals surface area contributed by atoms with Crippen molar-refractivity contribution in [3.8, 4) is 0 Å². The highest BCUT2D eigenvalue weighted by molar-refractivity contribution is 5.85. The van der Waals surface area contributed by atoms with Gasteiger partial charge in [0, 0.05) is 32.2 Å². The van der Waals surface area contributed by atoms with Crippen molar-refractivity contribution in [2.45, 2.75) is 58.5 Å². The van der Waals surface area contributed by atoms with Crippen molar-refractivity contribution >= 4 is 5.91 Å². The van der Waals surface area contributed by atoms with Gasteiger partial charge in [-0.2, -0.15) is 0 Å². The first-order valence-electron chi connectivity index (χ1n) is 7.58. The summed E-state index contributed by atoms with van der Waals surface area (Å²) in [5, 5.41) is 6.61. The Balaban J connectivity index is 1.91. The fourth-order valence-corrected chi connectivity index (χ4v) is 3.29. The van der Waals surface area contributed by atoms with Gasteiger partial charge in [0.15, 0.2) is 0 Å². The third-order valence-electron chi connectivity index (χ3n) is 4.77.